The van der Waals surface area contributed by atoms with Gasteiger partial charge in [-0.2, -0.15) is 13.2 Å². The molecule has 31 heavy (non-hydrogen) atoms. The van der Waals surface area contributed by atoms with Crippen molar-refractivity contribution in [3.8, 4) is 0 Å². The summed E-state index contributed by atoms with van der Waals surface area (Å²) in [4.78, 5) is 2.57. The fourth-order valence-electron chi connectivity index (χ4n) is 4.94. The molecule has 1 aliphatic heterocycles. The van der Waals surface area contributed by atoms with E-state index >= 15 is 0 Å². The van der Waals surface area contributed by atoms with Crippen LogP contribution in [0.5, 0.6) is 0 Å². The van der Waals surface area contributed by atoms with Gasteiger partial charge in [0.05, 0.1) is 18.8 Å². The zero-order valence-electron chi connectivity index (χ0n) is 17.6. The Hall–Kier alpha value is -1.56. The molecule has 6 heteroatoms. The first-order chi connectivity index (χ1) is 14.8. The zero-order chi connectivity index (χ0) is 21.9. The topological polar surface area (TPSA) is 12.5 Å². The number of alkyl halides is 3. The van der Waals surface area contributed by atoms with Crippen LogP contribution < -0.4 is 0 Å². The van der Waals surface area contributed by atoms with Gasteiger partial charge in [0.25, 0.3) is 0 Å². The summed E-state index contributed by atoms with van der Waals surface area (Å²) in [5.74, 6) is 0.463. The van der Waals surface area contributed by atoms with Crippen LogP contribution in [0.15, 0.2) is 48.5 Å². The van der Waals surface area contributed by atoms with Crippen molar-refractivity contribution in [1.29, 1.82) is 0 Å². The number of rotatable bonds is 7. The summed E-state index contributed by atoms with van der Waals surface area (Å²) in [7, 11) is 0. The second kappa shape index (κ2) is 9.51. The van der Waals surface area contributed by atoms with Crippen molar-refractivity contribution < 1.29 is 17.9 Å². The van der Waals surface area contributed by atoms with E-state index in [2.05, 4.69) is 17.0 Å². The summed E-state index contributed by atoms with van der Waals surface area (Å²) < 4.78 is 43.9. The molecule has 1 aliphatic carbocycles. The quantitative estimate of drug-likeness (QED) is 0.464. The van der Waals surface area contributed by atoms with Gasteiger partial charge < -0.3 is 9.64 Å². The van der Waals surface area contributed by atoms with Gasteiger partial charge in [-0.15, -0.1) is 0 Å². The van der Waals surface area contributed by atoms with Crippen LogP contribution in [-0.4, -0.2) is 31.1 Å². The van der Waals surface area contributed by atoms with Gasteiger partial charge >= 0.3 is 6.18 Å². The first-order valence-electron chi connectivity index (χ1n) is 11.1. The Morgan fingerprint density at radius 3 is 2.32 bits per heavy atom. The second-order valence-corrected chi connectivity index (χ2v) is 9.53. The molecule has 0 radical (unpaired) electrons. The third kappa shape index (κ3) is 5.63. The van der Waals surface area contributed by atoms with E-state index in [1.807, 2.05) is 12.1 Å². The van der Waals surface area contributed by atoms with Gasteiger partial charge in [0, 0.05) is 23.5 Å². The Balaban J connectivity index is 1.27. The molecule has 2 nitrogen and oxygen atoms in total. The fourth-order valence-corrected chi connectivity index (χ4v) is 5.06. The summed E-state index contributed by atoms with van der Waals surface area (Å²) in [5.41, 5.74) is 1.79. The largest absolute Gasteiger partial charge is 0.416 e. The van der Waals surface area contributed by atoms with Crippen molar-refractivity contribution in [2.24, 2.45) is 5.92 Å². The minimum Gasteiger partial charge on any atom is -0.376 e. The predicted molar refractivity (Wildman–Crippen MR) is 117 cm³/mol. The van der Waals surface area contributed by atoms with E-state index in [0.29, 0.717) is 19.1 Å². The minimum absolute atomic E-state index is 0.244. The van der Waals surface area contributed by atoms with Gasteiger partial charge in [-0.1, -0.05) is 42.3 Å². The number of benzene rings is 2. The molecule has 0 spiro atoms. The van der Waals surface area contributed by atoms with Crippen LogP contribution in [0.25, 0.3) is 0 Å². The van der Waals surface area contributed by atoms with Gasteiger partial charge in [0.15, 0.2) is 0 Å². The molecule has 1 saturated heterocycles. The average Bonchev–Trinajstić information content (AvgIpc) is 2.72. The lowest BCUT2D eigenvalue weighted by Gasteiger charge is -2.47. The molecule has 1 heterocycles. The van der Waals surface area contributed by atoms with Gasteiger partial charge in [0.2, 0.25) is 0 Å². The summed E-state index contributed by atoms with van der Waals surface area (Å²) >= 11 is 6.08. The monoisotopic (exact) mass is 451 g/mol. The molecule has 2 aromatic rings. The summed E-state index contributed by atoms with van der Waals surface area (Å²) in [6, 6.07) is 13.6. The van der Waals surface area contributed by atoms with Crippen molar-refractivity contribution in [1.82, 2.24) is 4.90 Å². The second-order valence-electron chi connectivity index (χ2n) is 9.09. The maximum Gasteiger partial charge on any atom is 0.416 e. The normalized spacial score (nSPS) is 21.6. The van der Waals surface area contributed by atoms with Crippen LogP contribution in [0, 0.1) is 5.92 Å². The summed E-state index contributed by atoms with van der Waals surface area (Å²) in [6.45, 7) is 4.20. The average molecular weight is 452 g/mol. The minimum atomic E-state index is -4.30. The van der Waals surface area contributed by atoms with E-state index in [1.165, 1.54) is 37.0 Å². The Morgan fingerprint density at radius 2 is 1.71 bits per heavy atom. The highest BCUT2D eigenvalue weighted by atomic mass is 35.5. The van der Waals surface area contributed by atoms with Crippen LogP contribution in [0.1, 0.15) is 48.8 Å². The van der Waals surface area contributed by atoms with Crippen molar-refractivity contribution in [2.75, 3.05) is 26.2 Å². The third-order valence-corrected chi connectivity index (χ3v) is 7.05. The van der Waals surface area contributed by atoms with Gasteiger partial charge in [0.1, 0.15) is 0 Å². The first kappa shape index (κ1) is 22.6. The number of hydrogen-bond donors (Lipinski definition) is 0. The molecule has 1 saturated carbocycles. The third-order valence-electron chi connectivity index (χ3n) is 6.80. The van der Waals surface area contributed by atoms with E-state index in [1.54, 1.807) is 0 Å². The van der Waals surface area contributed by atoms with Crippen LogP contribution in [0.2, 0.25) is 5.02 Å². The highest BCUT2D eigenvalue weighted by Crippen LogP contribution is 2.45. The predicted octanol–water partition coefficient (Wildman–Crippen LogP) is 6.71. The van der Waals surface area contributed by atoms with Crippen molar-refractivity contribution >= 4 is 11.6 Å². The van der Waals surface area contributed by atoms with E-state index in [9.17, 15) is 13.2 Å². The lowest BCUT2D eigenvalue weighted by atomic mass is 9.64. The van der Waals surface area contributed by atoms with E-state index < -0.39 is 11.7 Å². The molecule has 0 aromatic heterocycles. The van der Waals surface area contributed by atoms with E-state index in [0.717, 1.165) is 55.2 Å². The fraction of sp³-hybridized carbons (Fsp3) is 0.520. The van der Waals surface area contributed by atoms with Crippen LogP contribution in [-0.2, 0) is 22.9 Å². The lowest BCUT2D eigenvalue weighted by Crippen LogP contribution is -2.49. The molecule has 0 N–H and O–H groups in total. The van der Waals surface area contributed by atoms with Gasteiger partial charge in [-0.25, -0.2) is 0 Å². The van der Waals surface area contributed by atoms with Crippen LogP contribution >= 0.6 is 11.6 Å². The molecule has 0 bridgehead atoms. The van der Waals surface area contributed by atoms with Crippen molar-refractivity contribution in [2.45, 2.75) is 50.3 Å². The number of piperidine rings is 1. The van der Waals surface area contributed by atoms with Gasteiger partial charge in [-0.3, -0.25) is 0 Å². The number of nitrogens with zero attached hydrogens (tertiary/aromatic N) is 1. The van der Waals surface area contributed by atoms with Crippen LogP contribution in [0.4, 0.5) is 13.2 Å². The van der Waals surface area contributed by atoms with Crippen molar-refractivity contribution in [3.63, 3.8) is 0 Å². The zero-order valence-corrected chi connectivity index (χ0v) is 18.4. The molecular weight excluding hydrogens is 423 g/mol. The number of likely N-dealkylation sites (tertiary alicyclic amines) is 1. The Kier molecular flexibility index (Phi) is 6.95. The van der Waals surface area contributed by atoms with E-state index in [4.69, 9.17) is 16.3 Å². The summed E-state index contributed by atoms with van der Waals surface area (Å²) in [5, 5.41) is 0.779. The van der Waals surface area contributed by atoms with E-state index in [-0.39, 0.29) is 5.41 Å². The highest BCUT2D eigenvalue weighted by molar-refractivity contribution is 6.30. The van der Waals surface area contributed by atoms with Gasteiger partial charge in [-0.05, 0) is 73.5 Å². The maximum atomic E-state index is 12.7. The maximum absolute atomic E-state index is 12.7. The standard InChI is InChI=1S/C25H29ClF3NO/c26-23-10-8-21(9-11-23)24(12-2-13-24)18-30-14-1-3-20(15-30)17-31-16-19-4-6-22(7-5-19)25(27,28)29/h4-11,20H,1-3,12-18H2. The molecule has 0 amide bonds. The SMILES string of the molecule is FC(F)(F)c1ccc(COCC2CCCN(CC3(c4ccc(Cl)cc4)CCC3)C2)cc1. The highest BCUT2D eigenvalue weighted by Gasteiger charge is 2.40. The first-order valence-corrected chi connectivity index (χ1v) is 11.4. The number of hydrogen-bond acceptors (Lipinski definition) is 2. The molecule has 1 unspecified atom stereocenters. The molecule has 168 valence electrons. The van der Waals surface area contributed by atoms with Crippen LogP contribution in [0.3, 0.4) is 0 Å². The molecule has 1 atom stereocenters. The molecule has 2 aromatic carbocycles. The lowest BCUT2D eigenvalue weighted by molar-refractivity contribution is -0.137. The molecular formula is C25H29ClF3NO. The molecule has 4 rings (SSSR count). The molecule has 2 fully saturated rings. The Labute approximate surface area is 187 Å². The van der Waals surface area contributed by atoms with Crippen molar-refractivity contribution in [3.05, 3.63) is 70.2 Å². The number of ether oxygens (including phenoxy) is 1. The molecule has 2 aliphatic rings. The Bertz CT molecular complexity index is 847. The Morgan fingerprint density at radius 1 is 1.00 bits per heavy atom. The number of halogens is 4. The smallest absolute Gasteiger partial charge is 0.376 e. The summed E-state index contributed by atoms with van der Waals surface area (Å²) in [6.07, 6.45) is 1.72.